The molecule has 1 amide bonds. The van der Waals surface area contributed by atoms with E-state index in [1.165, 1.54) is 11.1 Å². The average molecular weight is 307 g/mol. The Morgan fingerprint density at radius 2 is 1.91 bits per heavy atom. The Bertz CT molecular complexity index is 893. The van der Waals surface area contributed by atoms with Gasteiger partial charge in [-0.25, -0.2) is 4.98 Å². The first kappa shape index (κ1) is 15.3. The summed E-state index contributed by atoms with van der Waals surface area (Å²) in [6, 6.07) is 10.3. The van der Waals surface area contributed by atoms with Crippen LogP contribution in [0.25, 0.3) is 16.9 Å². The van der Waals surface area contributed by atoms with Crippen LogP contribution in [0.1, 0.15) is 22.4 Å². The Balaban J connectivity index is 2.25. The summed E-state index contributed by atoms with van der Waals surface area (Å²) in [5.41, 5.74) is 7.33. The number of hydrogen-bond acceptors (Lipinski definition) is 2. The molecule has 23 heavy (non-hydrogen) atoms. The number of carbonyl (C=O) groups excluding carboxylic acids is 1. The highest BCUT2D eigenvalue weighted by Gasteiger charge is 2.17. The van der Waals surface area contributed by atoms with Gasteiger partial charge in [0.15, 0.2) is 0 Å². The number of pyridine rings is 1. The molecule has 0 aliphatic rings. The number of likely N-dealkylation sites (N-methyl/N-ethyl adjacent to an activating group) is 1. The zero-order valence-electron chi connectivity index (χ0n) is 14.0. The molecule has 3 rings (SSSR count). The van der Waals surface area contributed by atoms with Crippen LogP contribution in [-0.4, -0.2) is 22.3 Å². The zero-order chi connectivity index (χ0) is 16.6. The van der Waals surface area contributed by atoms with Crippen LogP contribution >= 0.6 is 0 Å². The van der Waals surface area contributed by atoms with Crippen molar-refractivity contribution in [2.45, 2.75) is 27.2 Å². The van der Waals surface area contributed by atoms with Gasteiger partial charge >= 0.3 is 0 Å². The summed E-state index contributed by atoms with van der Waals surface area (Å²) < 4.78 is 2.02. The van der Waals surface area contributed by atoms with Gasteiger partial charge in [-0.3, -0.25) is 4.79 Å². The van der Waals surface area contributed by atoms with Gasteiger partial charge in [-0.05, 0) is 49.6 Å². The third-order valence-corrected chi connectivity index (χ3v) is 4.33. The highest BCUT2D eigenvalue weighted by atomic mass is 16.1. The fraction of sp³-hybridized carbons (Fsp3) is 0.263. The molecule has 4 heteroatoms. The summed E-state index contributed by atoms with van der Waals surface area (Å²) in [4.78, 5) is 16.8. The van der Waals surface area contributed by atoms with Crippen LogP contribution in [-0.2, 0) is 11.2 Å². The van der Waals surface area contributed by atoms with Crippen LogP contribution in [0, 0.1) is 20.8 Å². The highest BCUT2D eigenvalue weighted by Crippen LogP contribution is 2.27. The summed E-state index contributed by atoms with van der Waals surface area (Å²) in [6.07, 6.45) is 2.28. The smallest absolute Gasteiger partial charge is 0.225 e. The molecule has 3 aromatic rings. The van der Waals surface area contributed by atoms with E-state index in [9.17, 15) is 4.79 Å². The minimum absolute atomic E-state index is 0.0154. The second-order valence-electron chi connectivity index (χ2n) is 5.94. The summed E-state index contributed by atoms with van der Waals surface area (Å²) in [5, 5.41) is 2.70. The van der Waals surface area contributed by atoms with Gasteiger partial charge in [0.05, 0.1) is 17.8 Å². The normalized spacial score (nSPS) is 11.0. The molecule has 4 nitrogen and oxygen atoms in total. The van der Waals surface area contributed by atoms with E-state index in [1.54, 1.807) is 7.05 Å². The standard InChI is InChI=1S/C19H21N3O/c1-12-7-8-15(10-14(12)3)18-16(11-17(23)20-4)22-9-5-6-13(2)19(22)21-18/h5-10H,11H2,1-4H3,(H,20,23). The van der Waals surface area contributed by atoms with E-state index >= 15 is 0 Å². The van der Waals surface area contributed by atoms with Gasteiger partial charge in [0, 0.05) is 18.8 Å². The number of nitrogens with zero attached hydrogens (tertiary/aromatic N) is 2. The third-order valence-electron chi connectivity index (χ3n) is 4.33. The molecule has 0 saturated heterocycles. The second kappa shape index (κ2) is 5.88. The highest BCUT2D eigenvalue weighted by molar-refractivity contribution is 5.81. The fourth-order valence-electron chi connectivity index (χ4n) is 2.78. The van der Waals surface area contributed by atoms with Crippen molar-refractivity contribution in [3.63, 3.8) is 0 Å². The quantitative estimate of drug-likeness (QED) is 0.807. The van der Waals surface area contributed by atoms with Gasteiger partial charge in [0.1, 0.15) is 5.65 Å². The molecule has 0 spiro atoms. The number of rotatable bonds is 3. The summed E-state index contributed by atoms with van der Waals surface area (Å²) >= 11 is 0. The SMILES string of the molecule is CNC(=O)Cc1c(-c2ccc(C)c(C)c2)nc2c(C)cccn12. The first-order valence-corrected chi connectivity index (χ1v) is 7.76. The van der Waals surface area contributed by atoms with E-state index in [1.807, 2.05) is 29.7 Å². The Labute approximate surface area is 136 Å². The molecule has 0 radical (unpaired) electrons. The predicted molar refractivity (Wildman–Crippen MR) is 92.6 cm³/mol. The van der Waals surface area contributed by atoms with E-state index < -0.39 is 0 Å². The zero-order valence-corrected chi connectivity index (χ0v) is 14.0. The molecule has 0 fully saturated rings. The minimum atomic E-state index is -0.0154. The van der Waals surface area contributed by atoms with Gasteiger partial charge in [0.2, 0.25) is 5.91 Å². The molecule has 118 valence electrons. The third kappa shape index (κ3) is 2.72. The second-order valence-corrected chi connectivity index (χ2v) is 5.94. The number of carbonyl (C=O) groups is 1. The Kier molecular flexibility index (Phi) is 3.90. The number of hydrogen-bond donors (Lipinski definition) is 1. The lowest BCUT2D eigenvalue weighted by Gasteiger charge is -2.07. The van der Waals surface area contributed by atoms with Crippen molar-refractivity contribution in [3.05, 3.63) is 58.9 Å². The number of benzene rings is 1. The topological polar surface area (TPSA) is 46.4 Å². The molecule has 0 aliphatic carbocycles. The van der Waals surface area contributed by atoms with Crippen LogP contribution in [0.5, 0.6) is 0 Å². The number of fused-ring (bicyclic) bond motifs is 1. The minimum Gasteiger partial charge on any atom is -0.359 e. The maximum Gasteiger partial charge on any atom is 0.225 e. The largest absolute Gasteiger partial charge is 0.359 e. The van der Waals surface area contributed by atoms with Crippen LogP contribution < -0.4 is 5.32 Å². The number of aryl methyl sites for hydroxylation is 3. The molecule has 1 N–H and O–H groups in total. The fourth-order valence-corrected chi connectivity index (χ4v) is 2.78. The van der Waals surface area contributed by atoms with Crippen molar-refractivity contribution in [1.29, 1.82) is 0 Å². The average Bonchev–Trinajstić information content (AvgIpc) is 2.90. The molecule has 0 saturated carbocycles. The maximum atomic E-state index is 12.0. The van der Waals surface area contributed by atoms with Crippen LogP contribution in [0.3, 0.4) is 0 Å². The molecule has 2 heterocycles. The van der Waals surface area contributed by atoms with Crippen molar-refractivity contribution >= 4 is 11.6 Å². The maximum absolute atomic E-state index is 12.0. The van der Waals surface area contributed by atoms with E-state index in [2.05, 4.69) is 37.4 Å². The van der Waals surface area contributed by atoms with Crippen molar-refractivity contribution in [3.8, 4) is 11.3 Å². The number of aromatic nitrogens is 2. The Morgan fingerprint density at radius 1 is 1.13 bits per heavy atom. The molecule has 0 aliphatic heterocycles. The van der Waals surface area contributed by atoms with Gasteiger partial charge in [-0.15, -0.1) is 0 Å². The van der Waals surface area contributed by atoms with E-state index in [0.717, 1.165) is 28.2 Å². The van der Waals surface area contributed by atoms with Gasteiger partial charge in [0.25, 0.3) is 0 Å². The van der Waals surface area contributed by atoms with Crippen molar-refractivity contribution in [2.75, 3.05) is 7.05 Å². The molecular formula is C19H21N3O. The number of amides is 1. The van der Waals surface area contributed by atoms with Gasteiger partial charge in [-0.1, -0.05) is 18.2 Å². The first-order chi connectivity index (χ1) is 11.0. The van der Waals surface area contributed by atoms with Crippen molar-refractivity contribution < 1.29 is 4.79 Å². The lowest BCUT2D eigenvalue weighted by Crippen LogP contribution is -2.21. The summed E-state index contributed by atoms with van der Waals surface area (Å²) in [7, 11) is 1.66. The molecule has 0 unspecified atom stereocenters. The molecular weight excluding hydrogens is 286 g/mol. The molecule has 0 bridgehead atoms. The Morgan fingerprint density at radius 3 is 2.61 bits per heavy atom. The number of imidazole rings is 1. The molecule has 0 atom stereocenters. The van der Waals surface area contributed by atoms with E-state index in [4.69, 9.17) is 4.98 Å². The number of nitrogens with one attached hydrogen (secondary N) is 1. The van der Waals surface area contributed by atoms with Gasteiger partial charge < -0.3 is 9.72 Å². The van der Waals surface area contributed by atoms with Gasteiger partial charge in [-0.2, -0.15) is 0 Å². The van der Waals surface area contributed by atoms with Crippen molar-refractivity contribution in [1.82, 2.24) is 14.7 Å². The molecule has 2 aromatic heterocycles. The predicted octanol–water partition coefficient (Wildman–Crippen LogP) is 3.22. The lowest BCUT2D eigenvalue weighted by molar-refractivity contribution is -0.120. The monoisotopic (exact) mass is 307 g/mol. The van der Waals surface area contributed by atoms with E-state index in [0.29, 0.717) is 6.42 Å². The van der Waals surface area contributed by atoms with Crippen molar-refractivity contribution in [2.24, 2.45) is 0 Å². The van der Waals surface area contributed by atoms with Crippen LogP contribution in [0.4, 0.5) is 0 Å². The van der Waals surface area contributed by atoms with E-state index in [-0.39, 0.29) is 5.91 Å². The summed E-state index contributed by atoms with van der Waals surface area (Å²) in [6.45, 7) is 6.23. The first-order valence-electron chi connectivity index (χ1n) is 7.76. The molecule has 1 aromatic carbocycles. The van der Waals surface area contributed by atoms with Crippen LogP contribution in [0.15, 0.2) is 36.5 Å². The Hall–Kier alpha value is -2.62. The lowest BCUT2D eigenvalue weighted by atomic mass is 10.0. The van der Waals surface area contributed by atoms with Crippen LogP contribution in [0.2, 0.25) is 0 Å². The summed E-state index contributed by atoms with van der Waals surface area (Å²) in [5.74, 6) is -0.0154.